The lowest BCUT2D eigenvalue weighted by molar-refractivity contribution is 0.353. The van der Waals surface area contributed by atoms with Gasteiger partial charge in [0.05, 0.1) is 19.1 Å². The molecule has 0 aliphatic rings. The maximum absolute atomic E-state index is 12.7. The first-order valence-electron chi connectivity index (χ1n) is 7.12. The van der Waals surface area contributed by atoms with Gasteiger partial charge in [-0.15, -0.1) is 0 Å². The molecule has 2 aromatic carbocycles. The van der Waals surface area contributed by atoms with E-state index >= 15 is 0 Å². The van der Waals surface area contributed by atoms with Crippen molar-refractivity contribution in [2.75, 3.05) is 21.3 Å². The summed E-state index contributed by atoms with van der Waals surface area (Å²) in [7, 11) is 0.941. The first-order chi connectivity index (χ1) is 10.9. The maximum Gasteiger partial charge on any atom is 0.243 e. The highest BCUT2D eigenvalue weighted by Crippen LogP contribution is 2.30. The number of hydrogen-bond acceptors (Lipinski definition) is 4. The van der Waals surface area contributed by atoms with Gasteiger partial charge in [0.2, 0.25) is 10.0 Å². The highest BCUT2D eigenvalue weighted by molar-refractivity contribution is 7.89. The van der Waals surface area contributed by atoms with Gasteiger partial charge in [0.1, 0.15) is 0 Å². The minimum atomic E-state index is -3.61. The highest BCUT2D eigenvalue weighted by Gasteiger charge is 2.22. The Labute approximate surface area is 137 Å². The molecule has 2 aromatic rings. The summed E-state index contributed by atoms with van der Waals surface area (Å²) >= 11 is 0. The fourth-order valence-corrected chi connectivity index (χ4v) is 3.48. The molecule has 0 radical (unpaired) electrons. The first kappa shape index (κ1) is 17.3. The lowest BCUT2D eigenvalue weighted by Crippen LogP contribution is -2.26. The van der Waals surface area contributed by atoms with Crippen LogP contribution < -0.4 is 9.47 Å². The summed E-state index contributed by atoms with van der Waals surface area (Å²) in [6.45, 7) is 2.28. The van der Waals surface area contributed by atoms with Gasteiger partial charge in [-0.1, -0.05) is 29.8 Å². The summed E-state index contributed by atoms with van der Waals surface area (Å²) in [5.74, 6) is 0.880. The van der Waals surface area contributed by atoms with E-state index in [1.54, 1.807) is 13.1 Å². The van der Waals surface area contributed by atoms with Crippen LogP contribution in [0.25, 0.3) is 0 Å². The van der Waals surface area contributed by atoms with Crippen molar-refractivity contribution in [3.8, 4) is 11.5 Å². The largest absolute Gasteiger partial charge is 0.493 e. The van der Waals surface area contributed by atoms with E-state index in [0.29, 0.717) is 18.0 Å². The van der Waals surface area contributed by atoms with Gasteiger partial charge in [-0.05, 0) is 24.6 Å². The van der Waals surface area contributed by atoms with E-state index in [-0.39, 0.29) is 4.90 Å². The van der Waals surface area contributed by atoms with Crippen molar-refractivity contribution in [1.82, 2.24) is 4.31 Å². The van der Waals surface area contributed by atoms with Gasteiger partial charge in [-0.2, -0.15) is 4.31 Å². The molecule has 0 bridgehead atoms. The Balaban J connectivity index is 2.30. The predicted molar refractivity (Wildman–Crippen MR) is 89.4 cm³/mol. The van der Waals surface area contributed by atoms with E-state index in [0.717, 1.165) is 11.1 Å². The van der Waals surface area contributed by atoms with Crippen LogP contribution in [0.2, 0.25) is 0 Å². The third-order valence-electron chi connectivity index (χ3n) is 3.55. The molecule has 2 rings (SSSR count). The minimum Gasteiger partial charge on any atom is -0.493 e. The average molecular weight is 335 g/mol. The quantitative estimate of drug-likeness (QED) is 0.814. The Morgan fingerprint density at radius 2 is 1.70 bits per heavy atom. The average Bonchev–Trinajstić information content (AvgIpc) is 2.54. The van der Waals surface area contributed by atoms with Gasteiger partial charge in [-0.3, -0.25) is 0 Å². The fourth-order valence-electron chi connectivity index (χ4n) is 2.31. The number of nitrogens with zero attached hydrogens (tertiary/aromatic N) is 1. The smallest absolute Gasteiger partial charge is 0.243 e. The van der Waals surface area contributed by atoms with Crippen molar-refractivity contribution in [2.45, 2.75) is 18.4 Å². The molecule has 6 heteroatoms. The lowest BCUT2D eigenvalue weighted by Gasteiger charge is -2.18. The molecule has 0 saturated carbocycles. The van der Waals surface area contributed by atoms with Crippen molar-refractivity contribution in [2.24, 2.45) is 0 Å². The third kappa shape index (κ3) is 3.83. The molecule has 0 atom stereocenters. The Morgan fingerprint density at radius 3 is 2.30 bits per heavy atom. The first-order valence-corrected chi connectivity index (χ1v) is 8.56. The molecule has 0 amide bonds. The van der Waals surface area contributed by atoms with Gasteiger partial charge >= 0.3 is 0 Å². The van der Waals surface area contributed by atoms with Gasteiger partial charge < -0.3 is 9.47 Å². The van der Waals surface area contributed by atoms with Gasteiger partial charge in [0, 0.05) is 19.7 Å². The van der Waals surface area contributed by atoms with Crippen molar-refractivity contribution in [1.29, 1.82) is 0 Å². The molecule has 124 valence electrons. The van der Waals surface area contributed by atoms with Crippen LogP contribution >= 0.6 is 0 Å². The SMILES string of the molecule is COc1ccc(S(=O)(=O)N(C)Cc2cccc(C)c2)cc1OC. The summed E-state index contributed by atoms with van der Waals surface area (Å²) in [5.41, 5.74) is 2.04. The Kier molecular flexibility index (Phi) is 5.28. The number of hydrogen-bond donors (Lipinski definition) is 0. The van der Waals surface area contributed by atoms with Crippen LogP contribution in [0.1, 0.15) is 11.1 Å². The van der Waals surface area contributed by atoms with Crippen LogP contribution in [-0.4, -0.2) is 34.0 Å². The second kappa shape index (κ2) is 7.02. The van der Waals surface area contributed by atoms with Crippen molar-refractivity contribution >= 4 is 10.0 Å². The topological polar surface area (TPSA) is 55.8 Å². The number of methoxy groups -OCH3 is 2. The normalized spacial score (nSPS) is 11.5. The highest BCUT2D eigenvalue weighted by atomic mass is 32.2. The Morgan fingerprint density at radius 1 is 1.00 bits per heavy atom. The van der Waals surface area contributed by atoms with Crippen LogP contribution in [0.15, 0.2) is 47.4 Å². The molecule has 0 unspecified atom stereocenters. The fraction of sp³-hybridized carbons (Fsp3) is 0.294. The number of rotatable bonds is 6. The number of sulfonamides is 1. The van der Waals surface area contributed by atoms with E-state index in [2.05, 4.69) is 0 Å². The molecule has 23 heavy (non-hydrogen) atoms. The van der Waals surface area contributed by atoms with E-state index in [9.17, 15) is 8.42 Å². The number of benzene rings is 2. The number of ether oxygens (including phenoxy) is 2. The Hall–Kier alpha value is -2.05. The molecule has 0 heterocycles. The summed E-state index contributed by atoms with van der Waals surface area (Å²) in [6, 6.07) is 12.4. The zero-order valence-electron chi connectivity index (χ0n) is 13.7. The summed E-state index contributed by atoms with van der Waals surface area (Å²) in [5, 5.41) is 0. The summed E-state index contributed by atoms with van der Waals surface area (Å²) < 4.78 is 37.1. The van der Waals surface area contributed by atoms with Crippen LogP contribution in [0.4, 0.5) is 0 Å². The van der Waals surface area contributed by atoms with Crippen LogP contribution in [0, 0.1) is 6.92 Å². The van der Waals surface area contributed by atoms with Crippen molar-refractivity contribution in [3.63, 3.8) is 0 Å². The van der Waals surface area contributed by atoms with Crippen molar-refractivity contribution in [3.05, 3.63) is 53.6 Å². The van der Waals surface area contributed by atoms with Crippen molar-refractivity contribution < 1.29 is 17.9 Å². The molecule has 0 saturated heterocycles. The molecule has 0 N–H and O–H groups in total. The van der Waals surface area contributed by atoms with Crippen LogP contribution in [-0.2, 0) is 16.6 Å². The zero-order valence-corrected chi connectivity index (χ0v) is 14.6. The second-order valence-electron chi connectivity index (χ2n) is 5.27. The third-order valence-corrected chi connectivity index (χ3v) is 5.35. The summed E-state index contributed by atoms with van der Waals surface area (Å²) in [6.07, 6.45) is 0. The molecule has 0 fully saturated rings. The van der Waals surface area contributed by atoms with Crippen LogP contribution in [0.3, 0.4) is 0 Å². The van der Waals surface area contributed by atoms with Crippen LogP contribution in [0.5, 0.6) is 11.5 Å². The van der Waals surface area contributed by atoms with E-state index in [1.807, 2.05) is 31.2 Å². The molecule has 0 aromatic heterocycles. The Bertz CT molecular complexity index is 787. The van der Waals surface area contributed by atoms with E-state index in [4.69, 9.17) is 9.47 Å². The molecular weight excluding hydrogens is 314 g/mol. The standard InChI is InChI=1S/C17H21NO4S/c1-13-6-5-7-14(10-13)12-18(2)23(19,20)15-8-9-16(21-3)17(11-15)22-4/h5-11H,12H2,1-4H3. The summed E-state index contributed by atoms with van der Waals surface area (Å²) in [4.78, 5) is 0.172. The van der Waals surface area contributed by atoms with Gasteiger partial charge in [0.15, 0.2) is 11.5 Å². The number of aryl methyl sites for hydroxylation is 1. The van der Waals surface area contributed by atoms with Gasteiger partial charge in [0.25, 0.3) is 0 Å². The predicted octanol–water partition coefficient (Wildman–Crippen LogP) is 2.83. The van der Waals surface area contributed by atoms with E-state index < -0.39 is 10.0 Å². The monoisotopic (exact) mass is 335 g/mol. The minimum absolute atomic E-state index is 0.172. The molecular formula is C17H21NO4S. The maximum atomic E-state index is 12.7. The molecule has 0 aliphatic heterocycles. The van der Waals surface area contributed by atoms with E-state index in [1.165, 1.54) is 30.7 Å². The lowest BCUT2D eigenvalue weighted by atomic mass is 10.1. The molecule has 5 nitrogen and oxygen atoms in total. The zero-order chi connectivity index (χ0) is 17.0. The van der Waals surface area contributed by atoms with Gasteiger partial charge in [-0.25, -0.2) is 8.42 Å². The molecule has 0 spiro atoms. The molecule has 0 aliphatic carbocycles. The second-order valence-corrected chi connectivity index (χ2v) is 7.31.